The van der Waals surface area contributed by atoms with E-state index in [9.17, 15) is 29.7 Å². The number of carbonyl (C=O) groups excluding carboxylic acids is 3. The zero-order valence-corrected chi connectivity index (χ0v) is 14.2. The van der Waals surface area contributed by atoms with Gasteiger partial charge in [-0.15, -0.1) is 0 Å². The Kier molecular flexibility index (Phi) is 5.53. The lowest BCUT2D eigenvalue weighted by atomic mass is 9.97. The third-order valence-electron chi connectivity index (χ3n) is 4.67. The number of amides is 3. The maximum atomic E-state index is 12.2. The summed E-state index contributed by atoms with van der Waals surface area (Å²) in [6.45, 7) is -0.796. The molecule has 0 spiro atoms. The SMILES string of the molecule is O=C(CCN1C(=O)c2ccccc2C1=O)N[C@H]1[C@@H](O)[C@H](O)[C@@H](CO)O[C@@H]1O. The molecule has 5 N–H and O–H groups in total. The predicted molar refractivity (Wildman–Crippen MR) is 88.3 cm³/mol. The van der Waals surface area contributed by atoms with Gasteiger partial charge in [-0.25, -0.2) is 0 Å². The van der Waals surface area contributed by atoms with Crippen LogP contribution in [0.25, 0.3) is 0 Å². The van der Waals surface area contributed by atoms with Crippen molar-refractivity contribution >= 4 is 17.7 Å². The minimum atomic E-state index is -1.64. The molecule has 1 aromatic rings. The Morgan fingerprint density at radius 3 is 2.22 bits per heavy atom. The van der Waals surface area contributed by atoms with Gasteiger partial charge in [-0.05, 0) is 12.1 Å². The smallest absolute Gasteiger partial charge is 0.261 e. The van der Waals surface area contributed by atoms with Crippen LogP contribution in [0.1, 0.15) is 27.1 Å². The largest absolute Gasteiger partial charge is 0.394 e. The van der Waals surface area contributed by atoms with Gasteiger partial charge in [-0.2, -0.15) is 0 Å². The zero-order valence-electron chi connectivity index (χ0n) is 14.2. The van der Waals surface area contributed by atoms with E-state index in [2.05, 4.69) is 5.32 Å². The van der Waals surface area contributed by atoms with Crippen molar-refractivity contribution in [3.63, 3.8) is 0 Å². The van der Waals surface area contributed by atoms with Gasteiger partial charge in [0, 0.05) is 13.0 Å². The highest BCUT2D eigenvalue weighted by atomic mass is 16.6. The normalized spacial score (nSPS) is 30.4. The first-order valence-electron chi connectivity index (χ1n) is 8.40. The molecule has 1 saturated heterocycles. The van der Waals surface area contributed by atoms with E-state index >= 15 is 0 Å². The maximum absolute atomic E-state index is 12.2. The number of hydrogen-bond acceptors (Lipinski definition) is 8. The van der Waals surface area contributed by atoms with Gasteiger partial charge in [-0.1, -0.05) is 12.1 Å². The number of benzene rings is 1. The summed E-state index contributed by atoms with van der Waals surface area (Å²) in [5.41, 5.74) is 0.542. The Morgan fingerprint density at radius 2 is 1.67 bits per heavy atom. The number of nitrogens with one attached hydrogen (secondary N) is 1. The van der Waals surface area contributed by atoms with Crippen molar-refractivity contribution in [3.8, 4) is 0 Å². The van der Waals surface area contributed by atoms with Crippen LogP contribution >= 0.6 is 0 Å². The topological polar surface area (TPSA) is 157 Å². The van der Waals surface area contributed by atoms with Crippen LogP contribution in [0.4, 0.5) is 0 Å². The predicted octanol–water partition coefficient (Wildman–Crippen LogP) is -2.41. The monoisotopic (exact) mass is 380 g/mol. The second-order valence-electron chi connectivity index (χ2n) is 6.38. The number of carbonyl (C=O) groups is 3. The zero-order chi connectivity index (χ0) is 19.7. The summed E-state index contributed by atoms with van der Waals surface area (Å²) in [5, 5.41) is 41.0. The lowest BCUT2D eigenvalue weighted by Gasteiger charge is -2.40. The number of ether oxygens (including phenoxy) is 1. The van der Waals surface area contributed by atoms with Crippen LogP contribution in [0.3, 0.4) is 0 Å². The Hall–Kier alpha value is -2.37. The molecule has 2 aliphatic rings. The van der Waals surface area contributed by atoms with Crippen LogP contribution in [0.2, 0.25) is 0 Å². The number of imide groups is 1. The van der Waals surface area contributed by atoms with E-state index < -0.39 is 55.0 Å². The molecule has 5 atom stereocenters. The standard InChI is InChI=1S/C17H20N2O8/c20-7-10-13(22)14(23)12(17(26)27-10)18-11(21)5-6-19-15(24)8-3-1-2-4-9(8)16(19)25/h1-4,10,12-14,17,20,22-23,26H,5-7H2,(H,18,21)/t10-,12+,13-,14-,17+/m1/s1. The van der Waals surface area contributed by atoms with Crippen molar-refractivity contribution in [2.24, 2.45) is 0 Å². The maximum Gasteiger partial charge on any atom is 0.261 e. The molecule has 27 heavy (non-hydrogen) atoms. The molecule has 3 amide bonds. The lowest BCUT2D eigenvalue weighted by molar-refractivity contribution is -0.253. The summed E-state index contributed by atoms with van der Waals surface area (Å²) >= 11 is 0. The van der Waals surface area contributed by atoms with Crippen molar-refractivity contribution in [2.45, 2.75) is 37.1 Å². The first-order valence-corrected chi connectivity index (χ1v) is 8.40. The van der Waals surface area contributed by atoms with E-state index in [0.29, 0.717) is 0 Å². The van der Waals surface area contributed by atoms with Crippen molar-refractivity contribution < 1.29 is 39.5 Å². The summed E-state index contributed by atoms with van der Waals surface area (Å²) in [7, 11) is 0. The van der Waals surface area contributed by atoms with E-state index in [1.165, 1.54) is 12.1 Å². The molecular formula is C17H20N2O8. The van der Waals surface area contributed by atoms with Gasteiger partial charge in [0.25, 0.3) is 11.8 Å². The number of rotatable bonds is 5. The van der Waals surface area contributed by atoms with Gasteiger partial charge in [0.05, 0.1) is 17.7 Å². The fourth-order valence-electron chi connectivity index (χ4n) is 3.17. The van der Waals surface area contributed by atoms with Gasteiger partial charge in [0.2, 0.25) is 5.91 Å². The number of nitrogens with zero attached hydrogens (tertiary/aromatic N) is 1. The highest BCUT2D eigenvalue weighted by Gasteiger charge is 2.44. The molecule has 0 aromatic heterocycles. The van der Waals surface area contributed by atoms with Crippen molar-refractivity contribution in [1.29, 1.82) is 0 Å². The van der Waals surface area contributed by atoms with E-state index in [4.69, 9.17) is 9.84 Å². The van der Waals surface area contributed by atoms with Gasteiger partial charge < -0.3 is 30.5 Å². The quantitative estimate of drug-likeness (QED) is 0.354. The van der Waals surface area contributed by atoms with Crippen LogP contribution in [0.5, 0.6) is 0 Å². The van der Waals surface area contributed by atoms with Gasteiger partial charge >= 0.3 is 0 Å². The molecule has 2 aliphatic heterocycles. The summed E-state index contributed by atoms with van der Waals surface area (Å²) in [4.78, 5) is 37.6. The molecule has 10 nitrogen and oxygen atoms in total. The molecule has 2 heterocycles. The van der Waals surface area contributed by atoms with Crippen molar-refractivity contribution in [1.82, 2.24) is 10.2 Å². The highest BCUT2D eigenvalue weighted by Crippen LogP contribution is 2.23. The summed E-state index contributed by atoms with van der Waals surface area (Å²) in [6, 6.07) is 5.01. The van der Waals surface area contributed by atoms with Crippen LogP contribution < -0.4 is 5.32 Å². The summed E-state index contributed by atoms with van der Waals surface area (Å²) in [5.74, 6) is -1.65. The van der Waals surface area contributed by atoms with Gasteiger partial charge in [0.15, 0.2) is 6.29 Å². The number of aliphatic hydroxyl groups is 4. The van der Waals surface area contributed by atoms with E-state index in [0.717, 1.165) is 4.90 Å². The Morgan fingerprint density at radius 1 is 1.07 bits per heavy atom. The van der Waals surface area contributed by atoms with Crippen LogP contribution in [0.15, 0.2) is 24.3 Å². The molecule has 10 heteroatoms. The van der Waals surface area contributed by atoms with Crippen LogP contribution in [0, 0.1) is 0 Å². The molecule has 3 rings (SSSR count). The van der Waals surface area contributed by atoms with Gasteiger partial charge in [0.1, 0.15) is 24.4 Å². The highest BCUT2D eigenvalue weighted by molar-refractivity contribution is 6.21. The first-order chi connectivity index (χ1) is 12.8. The minimum Gasteiger partial charge on any atom is -0.394 e. The average Bonchev–Trinajstić information content (AvgIpc) is 2.91. The van der Waals surface area contributed by atoms with Crippen LogP contribution in [-0.2, 0) is 9.53 Å². The third kappa shape index (κ3) is 3.57. The second-order valence-corrected chi connectivity index (χ2v) is 6.38. The minimum absolute atomic E-state index is 0.181. The number of fused-ring (bicyclic) bond motifs is 1. The van der Waals surface area contributed by atoms with Crippen molar-refractivity contribution in [2.75, 3.05) is 13.2 Å². The molecule has 1 fully saturated rings. The molecule has 0 saturated carbocycles. The molecule has 146 valence electrons. The Bertz CT molecular complexity index is 719. The molecule has 0 unspecified atom stereocenters. The van der Waals surface area contributed by atoms with Gasteiger partial charge in [-0.3, -0.25) is 19.3 Å². The second kappa shape index (κ2) is 7.71. The van der Waals surface area contributed by atoms with E-state index in [-0.39, 0.29) is 24.1 Å². The average molecular weight is 380 g/mol. The summed E-state index contributed by atoms with van der Waals surface area (Å²) in [6.07, 6.45) is -6.14. The molecule has 1 aromatic carbocycles. The number of aliphatic hydroxyl groups excluding tert-OH is 4. The Balaban J connectivity index is 1.58. The number of hydrogen-bond donors (Lipinski definition) is 5. The summed E-state index contributed by atoms with van der Waals surface area (Å²) < 4.78 is 4.95. The van der Waals surface area contributed by atoms with E-state index in [1.54, 1.807) is 12.1 Å². The third-order valence-corrected chi connectivity index (χ3v) is 4.67. The molecule has 0 bridgehead atoms. The van der Waals surface area contributed by atoms with Crippen molar-refractivity contribution in [3.05, 3.63) is 35.4 Å². The van der Waals surface area contributed by atoms with Crippen LogP contribution in [-0.4, -0.2) is 86.8 Å². The fourth-order valence-corrected chi connectivity index (χ4v) is 3.17. The molecule has 0 radical (unpaired) electrons. The van der Waals surface area contributed by atoms with E-state index in [1.807, 2.05) is 0 Å². The fraction of sp³-hybridized carbons (Fsp3) is 0.471. The Labute approximate surface area is 154 Å². The lowest BCUT2D eigenvalue weighted by Crippen LogP contribution is -2.64. The molecule has 0 aliphatic carbocycles. The first kappa shape index (κ1) is 19.4. The molecular weight excluding hydrogens is 360 g/mol.